The predicted octanol–water partition coefficient (Wildman–Crippen LogP) is 4.89. The molecular formula is C24H23NO5. The van der Waals surface area contributed by atoms with E-state index in [4.69, 9.17) is 9.15 Å². The zero-order valence-electron chi connectivity index (χ0n) is 17.3. The minimum atomic E-state index is -0.943. The van der Waals surface area contributed by atoms with Gasteiger partial charge in [0.2, 0.25) is 5.78 Å². The molecule has 0 saturated heterocycles. The number of rotatable bonds is 6. The first-order valence-corrected chi connectivity index (χ1v) is 9.54. The number of carbonyl (C=O) groups excluding carboxylic acids is 3. The van der Waals surface area contributed by atoms with Gasteiger partial charge in [-0.05, 0) is 74.7 Å². The van der Waals surface area contributed by atoms with Crippen molar-refractivity contribution in [1.29, 1.82) is 0 Å². The topological polar surface area (TPSA) is 85.6 Å². The van der Waals surface area contributed by atoms with Crippen molar-refractivity contribution in [1.82, 2.24) is 0 Å². The molecule has 0 fully saturated rings. The van der Waals surface area contributed by atoms with E-state index < -0.39 is 18.0 Å². The van der Waals surface area contributed by atoms with Crippen LogP contribution < -0.4 is 5.32 Å². The molecule has 3 rings (SSSR count). The van der Waals surface area contributed by atoms with Gasteiger partial charge in [-0.3, -0.25) is 9.59 Å². The molecule has 0 aliphatic heterocycles. The van der Waals surface area contributed by atoms with Gasteiger partial charge in [-0.1, -0.05) is 18.2 Å². The van der Waals surface area contributed by atoms with Gasteiger partial charge in [0.25, 0.3) is 5.91 Å². The Morgan fingerprint density at radius 2 is 1.60 bits per heavy atom. The maximum atomic E-state index is 12.6. The molecule has 6 nitrogen and oxygen atoms in total. The molecule has 1 aromatic heterocycles. The molecule has 0 aliphatic rings. The molecule has 0 radical (unpaired) electrons. The third kappa shape index (κ3) is 4.66. The SMILES string of the molecule is Cc1ccc(C(=O)[C@@H](C)OC(=O)c2ccc(C)c(NC(=O)c3ccco3)c2)cc1C. The van der Waals surface area contributed by atoms with Gasteiger partial charge >= 0.3 is 5.97 Å². The van der Waals surface area contributed by atoms with E-state index in [1.807, 2.05) is 19.9 Å². The molecule has 1 heterocycles. The number of furan rings is 1. The van der Waals surface area contributed by atoms with Crippen molar-refractivity contribution in [2.75, 3.05) is 5.32 Å². The van der Waals surface area contributed by atoms with Crippen molar-refractivity contribution in [2.45, 2.75) is 33.8 Å². The summed E-state index contributed by atoms with van der Waals surface area (Å²) in [6, 6.07) is 13.3. The summed E-state index contributed by atoms with van der Waals surface area (Å²) in [5.74, 6) is -1.18. The van der Waals surface area contributed by atoms with E-state index in [-0.39, 0.29) is 17.1 Å². The van der Waals surface area contributed by atoms with E-state index in [0.717, 1.165) is 16.7 Å². The standard InChI is InChI=1S/C24H23NO5/c1-14-7-9-18(12-16(14)3)22(26)17(4)30-24(28)19-10-8-15(2)20(13-19)25-23(27)21-6-5-11-29-21/h5-13,17H,1-4H3,(H,25,27)/t17-/m1/s1. The molecule has 1 atom stereocenters. The molecule has 154 valence electrons. The van der Waals surface area contributed by atoms with Crippen molar-refractivity contribution < 1.29 is 23.5 Å². The average molecular weight is 405 g/mol. The van der Waals surface area contributed by atoms with Gasteiger partial charge < -0.3 is 14.5 Å². The van der Waals surface area contributed by atoms with Crippen LogP contribution in [0, 0.1) is 20.8 Å². The van der Waals surface area contributed by atoms with Crippen LogP contribution in [0.25, 0.3) is 0 Å². The fraction of sp³-hybridized carbons (Fsp3) is 0.208. The maximum absolute atomic E-state index is 12.6. The van der Waals surface area contributed by atoms with Crippen molar-refractivity contribution in [3.05, 3.63) is 88.4 Å². The smallest absolute Gasteiger partial charge is 0.338 e. The van der Waals surface area contributed by atoms with E-state index in [0.29, 0.717) is 11.3 Å². The Hall–Kier alpha value is -3.67. The summed E-state index contributed by atoms with van der Waals surface area (Å²) >= 11 is 0. The highest BCUT2D eigenvalue weighted by Gasteiger charge is 2.21. The maximum Gasteiger partial charge on any atom is 0.338 e. The summed E-state index contributed by atoms with van der Waals surface area (Å²) in [4.78, 5) is 37.4. The minimum absolute atomic E-state index is 0.162. The minimum Gasteiger partial charge on any atom is -0.459 e. The van der Waals surface area contributed by atoms with Crippen molar-refractivity contribution in [3.63, 3.8) is 0 Å². The van der Waals surface area contributed by atoms with Crippen LogP contribution in [0.15, 0.2) is 59.2 Å². The molecule has 1 N–H and O–H groups in total. The van der Waals surface area contributed by atoms with Crippen molar-refractivity contribution in [2.24, 2.45) is 0 Å². The first kappa shape index (κ1) is 21.0. The molecule has 3 aromatic rings. The second-order valence-electron chi connectivity index (χ2n) is 7.17. The number of benzene rings is 2. The van der Waals surface area contributed by atoms with Crippen molar-refractivity contribution in [3.8, 4) is 0 Å². The molecule has 2 aromatic carbocycles. The number of aryl methyl sites for hydroxylation is 3. The van der Waals surface area contributed by atoms with E-state index in [1.165, 1.54) is 12.3 Å². The second-order valence-corrected chi connectivity index (χ2v) is 7.17. The predicted molar refractivity (Wildman–Crippen MR) is 113 cm³/mol. The number of hydrogen-bond donors (Lipinski definition) is 1. The lowest BCUT2D eigenvalue weighted by Gasteiger charge is -2.14. The van der Waals surface area contributed by atoms with E-state index in [2.05, 4.69) is 5.32 Å². The van der Waals surface area contributed by atoms with Crippen LogP contribution in [0.2, 0.25) is 0 Å². The molecule has 6 heteroatoms. The number of amides is 1. The summed E-state index contributed by atoms with van der Waals surface area (Å²) in [7, 11) is 0. The summed E-state index contributed by atoms with van der Waals surface area (Å²) in [5.41, 5.74) is 4.03. The van der Waals surface area contributed by atoms with Crippen molar-refractivity contribution >= 4 is 23.3 Å². The zero-order valence-corrected chi connectivity index (χ0v) is 17.3. The molecule has 0 unspecified atom stereocenters. The van der Waals surface area contributed by atoms with Crippen LogP contribution in [-0.4, -0.2) is 23.8 Å². The Morgan fingerprint density at radius 1 is 0.900 bits per heavy atom. The Kier molecular flexibility index (Phi) is 6.16. The fourth-order valence-electron chi connectivity index (χ4n) is 2.89. The van der Waals surface area contributed by atoms with Crippen LogP contribution in [-0.2, 0) is 4.74 Å². The molecular weight excluding hydrogens is 382 g/mol. The van der Waals surface area contributed by atoms with Crippen LogP contribution in [0.1, 0.15) is 54.9 Å². The van der Waals surface area contributed by atoms with Crippen LogP contribution in [0.3, 0.4) is 0 Å². The van der Waals surface area contributed by atoms with Gasteiger partial charge in [0.05, 0.1) is 11.8 Å². The quantitative estimate of drug-likeness (QED) is 0.466. The van der Waals surface area contributed by atoms with Gasteiger partial charge in [0.1, 0.15) is 0 Å². The highest BCUT2D eigenvalue weighted by atomic mass is 16.5. The summed E-state index contributed by atoms with van der Waals surface area (Å²) in [6.45, 7) is 7.24. The van der Waals surface area contributed by atoms with E-state index in [1.54, 1.807) is 50.2 Å². The van der Waals surface area contributed by atoms with Gasteiger partial charge in [-0.15, -0.1) is 0 Å². The summed E-state index contributed by atoms with van der Waals surface area (Å²) in [6.07, 6.45) is 0.464. The third-order valence-corrected chi connectivity index (χ3v) is 4.91. The lowest BCUT2D eigenvalue weighted by Crippen LogP contribution is -2.24. The van der Waals surface area contributed by atoms with Crippen LogP contribution in [0.4, 0.5) is 5.69 Å². The van der Waals surface area contributed by atoms with Gasteiger partial charge in [0.15, 0.2) is 11.9 Å². The first-order valence-electron chi connectivity index (χ1n) is 9.54. The zero-order chi connectivity index (χ0) is 21.8. The first-order chi connectivity index (χ1) is 14.3. The lowest BCUT2D eigenvalue weighted by molar-refractivity contribution is 0.0319. The Bertz CT molecular complexity index is 1100. The Morgan fingerprint density at radius 3 is 2.27 bits per heavy atom. The number of esters is 1. The van der Waals surface area contributed by atoms with Gasteiger partial charge in [-0.25, -0.2) is 4.79 Å². The second kappa shape index (κ2) is 8.78. The van der Waals surface area contributed by atoms with E-state index in [9.17, 15) is 14.4 Å². The lowest BCUT2D eigenvalue weighted by atomic mass is 10.0. The van der Waals surface area contributed by atoms with Gasteiger partial charge in [-0.2, -0.15) is 0 Å². The molecule has 0 saturated carbocycles. The Balaban J connectivity index is 1.72. The summed E-state index contributed by atoms with van der Waals surface area (Å²) in [5, 5.41) is 2.71. The average Bonchev–Trinajstić information content (AvgIpc) is 3.26. The summed E-state index contributed by atoms with van der Waals surface area (Å²) < 4.78 is 10.5. The molecule has 30 heavy (non-hydrogen) atoms. The highest BCUT2D eigenvalue weighted by Crippen LogP contribution is 2.20. The third-order valence-electron chi connectivity index (χ3n) is 4.91. The number of Topliss-reactive ketones (excluding diaryl/α,β-unsaturated/α-hetero) is 1. The number of ether oxygens (including phenoxy) is 1. The largest absolute Gasteiger partial charge is 0.459 e. The van der Waals surface area contributed by atoms with Gasteiger partial charge in [0, 0.05) is 11.3 Å². The number of nitrogens with one attached hydrogen (secondary N) is 1. The molecule has 0 aliphatic carbocycles. The Labute approximate surface area is 174 Å². The number of ketones is 1. The van der Waals surface area contributed by atoms with E-state index >= 15 is 0 Å². The normalized spacial score (nSPS) is 11.6. The molecule has 0 spiro atoms. The number of anilines is 1. The monoisotopic (exact) mass is 405 g/mol. The number of hydrogen-bond acceptors (Lipinski definition) is 5. The van der Waals surface area contributed by atoms with Crippen LogP contribution >= 0.6 is 0 Å². The fourth-order valence-corrected chi connectivity index (χ4v) is 2.89. The molecule has 0 bridgehead atoms. The van der Waals surface area contributed by atoms with Crippen LogP contribution in [0.5, 0.6) is 0 Å². The number of carbonyl (C=O) groups is 3. The highest BCUT2D eigenvalue weighted by molar-refractivity contribution is 6.04. The molecule has 1 amide bonds.